The molecule has 2 aliphatic heterocycles. The van der Waals surface area contributed by atoms with Gasteiger partial charge in [-0.2, -0.15) is 0 Å². The summed E-state index contributed by atoms with van der Waals surface area (Å²) in [5.74, 6) is -4.98. The lowest BCUT2D eigenvalue weighted by molar-refractivity contribution is -0.479. The zero-order valence-electron chi connectivity index (χ0n) is 20.7. The Kier molecular flexibility index (Phi) is 4.99. The summed E-state index contributed by atoms with van der Waals surface area (Å²) in [6, 6.07) is 0. The Morgan fingerprint density at radius 2 is 1.71 bits per heavy atom. The second kappa shape index (κ2) is 6.94. The summed E-state index contributed by atoms with van der Waals surface area (Å²) in [5, 5.41) is 48.4. The van der Waals surface area contributed by atoms with Gasteiger partial charge >= 0.3 is 11.9 Å². The van der Waals surface area contributed by atoms with Gasteiger partial charge in [0.2, 0.25) is 5.79 Å². The van der Waals surface area contributed by atoms with Crippen LogP contribution in [0.25, 0.3) is 0 Å². The summed E-state index contributed by atoms with van der Waals surface area (Å²) >= 11 is 0. The van der Waals surface area contributed by atoms with Crippen molar-refractivity contribution in [1.82, 2.24) is 0 Å². The molecule has 4 N–H and O–H groups in total. The molecule has 4 aliphatic carbocycles. The van der Waals surface area contributed by atoms with Crippen LogP contribution in [0.5, 0.6) is 0 Å². The van der Waals surface area contributed by atoms with E-state index in [0.717, 1.165) is 19.3 Å². The fourth-order valence-corrected chi connectivity index (χ4v) is 9.67. The molecule has 0 aromatic heterocycles. The van der Waals surface area contributed by atoms with E-state index < -0.39 is 70.4 Å². The van der Waals surface area contributed by atoms with Gasteiger partial charge in [-0.15, -0.1) is 0 Å². The largest absolute Gasteiger partial charge is 0.463 e. The van der Waals surface area contributed by atoms with Gasteiger partial charge in [0.25, 0.3) is 0 Å². The summed E-state index contributed by atoms with van der Waals surface area (Å²) in [7, 11) is 0. The Bertz CT molecular complexity index is 916. The van der Waals surface area contributed by atoms with Gasteiger partial charge in [-0.25, -0.2) is 0 Å². The van der Waals surface area contributed by atoms with Crippen molar-refractivity contribution in [2.24, 2.45) is 34.0 Å². The highest BCUT2D eigenvalue weighted by atomic mass is 16.7. The van der Waals surface area contributed by atoms with Crippen LogP contribution in [-0.4, -0.2) is 74.8 Å². The molecule has 6 fully saturated rings. The van der Waals surface area contributed by atoms with Gasteiger partial charge in [-0.05, 0) is 43.9 Å². The average Bonchev–Trinajstić information content (AvgIpc) is 2.78. The molecule has 0 aromatic carbocycles. The van der Waals surface area contributed by atoms with E-state index in [4.69, 9.17) is 14.2 Å². The molecule has 6 aliphatic rings. The maximum Gasteiger partial charge on any atom is 0.303 e. The molecular formula is C25H38O9. The van der Waals surface area contributed by atoms with E-state index in [2.05, 4.69) is 13.8 Å². The van der Waals surface area contributed by atoms with Crippen molar-refractivity contribution in [2.75, 3.05) is 13.2 Å². The van der Waals surface area contributed by atoms with Crippen LogP contribution in [0.2, 0.25) is 0 Å². The zero-order valence-corrected chi connectivity index (χ0v) is 20.7. The molecule has 192 valence electrons. The number of carbonyl (C=O) groups is 2. The number of fused-ring (bicyclic) bond motifs is 2. The van der Waals surface area contributed by atoms with Gasteiger partial charge < -0.3 is 34.6 Å². The minimum atomic E-state index is -2.24. The molecule has 9 nitrogen and oxygen atoms in total. The minimum Gasteiger partial charge on any atom is -0.463 e. The summed E-state index contributed by atoms with van der Waals surface area (Å²) in [6.45, 7) is 7.78. The van der Waals surface area contributed by atoms with Crippen LogP contribution in [0.15, 0.2) is 0 Å². The van der Waals surface area contributed by atoms with Crippen molar-refractivity contribution >= 4 is 11.9 Å². The molecule has 34 heavy (non-hydrogen) atoms. The van der Waals surface area contributed by atoms with E-state index in [0.29, 0.717) is 12.8 Å². The Morgan fingerprint density at radius 3 is 2.32 bits per heavy atom. The summed E-state index contributed by atoms with van der Waals surface area (Å²) < 4.78 is 17.2. The lowest BCUT2D eigenvalue weighted by Gasteiger charge is -2.76. The molecule has 9 heteroatoms. The highest BCUT2D eigenvalue weighted by molar-refractivity contribution is 5.67. The third-order valence-electron chi connectivity index (χ3n) is 10.7. The monoisotopic (exact) mass is 482 g/mol. The van der Waals surface area contributed by atoms with E-state index in [1.807, 2.05) is 0 Å². The number of esters is 2. The minimum absolute atomic E-state index is 0.220. The first-order chi connectivity index (χ1) is 15.6. The Morgan fingerprint density at radius 1 is 1.03 bits per heavy atom. The molecular weight excluding hydrogens is 444 g/mol. The second-order valence-electron chi connectivity index (χ2n) is 12.4. The Balaban J connectivity index is 1.76. The number of carbonyl (C=O) groups excluding carboxylic acids is 2. The number of aliphatic hydroxyl groups is 4. The first kappa shape index (κ1) is 24.4. The van der Waals surface area contributed by atoms with Gasteiger partial charge in [0, 0.05) is 31.1 Å². The van der Waals surface area contributed by atoms with Crippen molar-refractivity contribution in [1.29, 1.82) is 0 Å². The van der Waals surface area contributed by atoms with Crippen LogP contribution in [0.3, 0.4) is 0 Å². The second-order valence-corrected chi connectivity index (χ2v) is 12.4. The molecule has 0 amide bonds. The van der Waals surface area contributed by atoms with Crippen molar-refractivity contribution < 1.29 is 44.2 Å². The standard InChI is InChI=1S/C25H38O9/c1-13(26)32-12-23(30)15-7-8-16-22-10-6-9-20(3,4)17(22)19(34-14(2)27)25(31,33-11-22)24(16,18(15)28)21(23,5)29/h15-19,28-31H,6-12H2,1-5H3/t15?,16?,17?,18?,19-,21+,22?,23+,24?,25+/m0/s1. The summed E-state index contributed by atoms with van der Waals surface area (Å²) in [4.78, 5) is 23.9. The lowest BCUT2D eigenvalue weighted by Crippen LogP contribution is -2.86. The van der Waals surface area contributed by atoms with E-state index in [1.54, 1.807) is 0 Å². The fourth-order valence-electron chi connectivity index (χ4n) is 9.67. The molecule has 2 heterocycles. The third kappa shape index (κ3) is 2.43. The molecule has 2 saturated heterocycles. The molecule has 6 rings (SSSR count). The Labute approximate surface area is 199 Å². The predicted octanol–water partition coefficient (Wildman–Crippen LogP) is 0.895. The van der Waals surface area contributed by atoms with Crippen molar-refractivity contribution in [3.05, 3.63) is 0 Å². The first-order valence-corrected chi connectivity index (χ1v) is 12.4. The van der Waals surface area contributed by atoms with Gasteiger partial charge in [-0.3, -0.25) is 9.59 Å². The number of aliphatic hydroxyl groups excluding tert-OH is 1. The first-order valence-electron chi connectivity index (χ1n) is 12.4. The highest BCUT2D eigenvalue weighted by Gasteiger charge is 2.92. The zero-order chi connectivity index (χ0) is 25.1. The normalized spacial score (nSPS) is 54.7. The van der Waals surface area contributed by atoms with Gasteiger partial charge in [0.1, 0.15) is 17.8 Å². The average molecular weight is 483 g/mol. The SMILES string of the molecule is CC(=O)OC[C@@]1(O)C2CCC3C45CCCC(C)(C)C4[C@H](OC(C)=O)[C@@](O)(OC5)C3(C2O)[C@]1(C)O. The molecule has 2 spiro atoms. The number of hydrogen-bond acceptors (Lipinski definition) is 9. The Hall–Kier alpha value is -1.26. The van der Waals surface area contributed by atoms with Crippen LogP contribution in [0, 0.1) is 34.0 Å². The number of rotatable bonds is 3. The van der Waals surface area contributed by atoms with Gasteiger partial charge in [0.05, 0.1) is 18.1 Å². The summed E-state index contributed by atoms with van der Waals surface area (Å²) in [6.07, 6.45) is 0.941. The van der Waals surface area contributed by atoms with E-state index in [9.17, 15) is 30.0 Å². The molecule has 4 saturated carbocycles. The van der Waals surface area contributed by atoms with E-state index >= 15 is 0 Å². The number of ether oxygens (including phenoxy) is 3. The van der Waals surface area contributed by atoms with Gasteiger partial charge in [-0.1, -0.05) is 20.3 Å². The molecule has 10 atom stereocenters. The highest BCUT2D eigenvalue weighted by Crippen LogP contribution is 2.80. The number of hydrogen-bond donors (Lipinski definition) is 4. The quantitative estimate of drug-likeness (QED) is 0.431. The van der Waals surface area contributed by atoms with Crippen LogP contribution in [0.4, 0.5) is 0 Å². The smallest absolute Gasteiger partial charge is 0.303 e. The lowest BCUT2D eigenvalue weighted by atomic mass is 9.35. The van der Waals surface area contributed by atoms with Gasteiger partial charge in [0.15, 0.2) is 6.10 Å². The van der Waals surface area contributed by atoms with Crippen LogP contribution >= 0.6 is 0 Å². The molecule has 0 radical (unpaired) electrons. The van der Waals surface area contributed by atoms with Crippen molar-refractivity contribution in [3.63, 3.8) is 0 Å². The molecule has 4 bridgehead atoms. The summed E-state index contributed by atoms with van der Waals surface area (Å²) in [5.41, 5.74) is -6.76. The predicted molar refractivity (Wildman–Crippen MR) is 117 cm³/mol. The maximum absolute atomic E-state index is 12.4. The van der Waals surface area contributed by atoms with Crippen molar-refractivity contribution in [2.45, 2.75) is 95.9 Å². The van der Waals surface area contributed by atoms with E-state index in [-0.39, 0.29) is 17.9 Å². The van der Waals surface area contributed by atoms with Crippen molar-refractivity contribution in [3.8, 4) is 0 Å². The topological polar surface area (TPSA) is 143 Å². The van der Waals surface area contributed by atoms with E-state index in [1.165, 1.54) is 20.8 Å². The fraction of sp³-hybridized carbons (Fsp3) is 0.920. The molecule has 6 unspecified atom stereocenters. The third-order valence-corrected chi connectivity index (χ3v) is 10.7. The van der Waals surface area contributed by atoms with Crippen LogP contribution in [-0.2, 0) is 23.8 Å². The van der Waals surface area contributed by atoms with Crippen LogP contribution in [0.1, 0.15) is 66.7 Å². The van der Waals surface area contributed by atoms with Crippen LogP contribution < -0.4 is 0 Å². The molecule has 0 aromatic rings. The maximum atomic E-state index is 12.4.